The van der Waals surface area contributed by atoms with Gasteiger partial charge in [0.1, 0.15) is 18.1 Å². The number of aromatic nitrogens is 1. The SMILES string of the molecule is COC(=O)c1ccc(COc2cc(C)nc3ccc(OC)cc23)cc1. The monoisotopic (exact) mass is 337 g/mol. The molecule has 0 amide bonds. The number of carbonyl (C=O) groups is 1. The molecule has 1 heterocycles. The maximum Gasteiger partial charge on any atom is 0.337 e. The van der Waals surface area contributed by atoms with Crippen molar-refractivity contribution in [3.8, 4) is 11.5 Å². The standard InChI is InChI=1S/C20H19NO4/c1-13-10-19(17-11-16(23-2)8-9-18(17)21-13)25-12-14-4-6-15(7-5-14)20(22)24-3/h4-11H,12H2,1-3H3. The summed E-state index contributed by atoms with van der Waals surface area (Å²) in [4.78, 5) is 16.0. The number of methoxy groups -OCH3 is 2. The Morgan fingerprint density at radius 2 is 1.80 bits per heavy atom. The van der Waals surface area contributed by atoms with Crippen LogP contribution in [-0.4, -0.2) is 25.2 Å². The van der Waals surface area contributed by atoms with Crippen molar-refractivity contribution < 1.29 is 19.0 Å². The summed E-state index contributed by atoms with van der Waals surface area (Å²) >= 11 is 0. The number of fused-ring (bicyclic) bond motifs is 1. The molecule has 5 nitrogen and oxygen atoms in total. The summed E-state index contributed by atoms with van der Waals surface area (Å²) in [6, 6.07) is 14.8. The van der Waals surface area contributed by atoms with E-state index in [-0.39, 0.29) is 5.97 Å². The number of ether oxygens (including phenoxy) is 3. The highest BCUT2D eigenvalue weighted by Crippen LogP contribution is 2.29. The Balaban J connectivity index is 1.84. The smallest absolute Gasteiger partial charge is 0.337 e. The quantitative estimate of drug-likeness (QED) is 0.661. The Labute approximate surface area is 146 Å². The number of nitrogens with zero attached hydrogens (tertiary/aromatic N) is 1. The summed E-state index contributed by atoms with van der Waals surface area (Å²) in [5.41, 5.74) is 3.21. The fraction of sp³-hybridized carbons (Fsp3) is 0.200. The van der Waals surface area contributed by atoms with Crippen molar-refractivity contribution in [2.24, 2.45) is 0 Å². The van der Waals surface area contributed by atoms with Crippen LogP contribution in [0.2, 0.25) is 0 Å². The van der Waals surface area contributed by atoms with E-state index < -0.39 is 0 Å². The van der Waals surface area contributed by atoms with Crippen LogP contribution in [0.5, 0.6) is 11.5 Å². The van der Waals surface area contributed by atoms with E-state index in [2.05, 4.69) is 4.98 Å². The molecule has 0 saturated carbocycles. The Kier molecular flexibility index (Phi) is 4.84. The lowest BCUT2D eigenvalue weighted by molar-refractivity contribution is 0.0600. The van der Waals surface area contributed by atoms with Gasteiger partial charge in [0.25, 0.3) is 0 Å². The van der Waals surface area contributed by atoms with Crippen LogP contribution in [0.3, 0.4) is 0 Å². The van der Waals surface area contributed by atoms with Gasteiger partial charge in [-0.05, 0) is 42.8 Å². The minimum absolute atomic E-state index is 0.352. The maximum atomic E-state index is 11.5. The molecule has 0 aliphatic carbocycles. The Morgan fingerprint density at radius 1 is 1.04 bits per heavy atom. The molecule has 0 spiro atoms. The van der Waals surface area contributed by atoms with Gasteiger partial charge in [-0.25, -0.2) is 4.79 Å². The van der Waals surface area contributed by atoms with Crippen LogP contribution >= 0.6 is 0 Å². The molecular formula is C20H19NO4. The summed E-state index contributed by atoms with van der Waals surface area (Å²) in [7, 11) is 3.00. The second kappa shape index (κ2) is 7.21. The molecule has 3 aromatic rings. The number of rotatable bonds is 5. The van der Waals surface area contributed by atoms with Gasteiger partial charge in [0.05, 0.1) is 25.3 Å². The molecule has 0 saturated heterocycles. The summed E-state index contributed by atoms with van der Waals surface area (Å²) in [6.07, 6.45) is 0. The zero-order chi connectivity index (χ0) is 17.8. The molecule has 0 radical (unpaired) electrons. The number of hydrogen-bond donors (Lipinski definition) is 0. The van der Waals surface area contributed by atoms with Gasteiger partial charge in [-0.15, -0.1) is 0 Å². The van der Waals surface area contributed by atoms with Crippen LogP contribution in [0.25, 0.3) is 10.9 Å². The minimum Gasteiger partial charge on any atom is -0.497 e. The van der Waals surface area contributed by atoms with Crippen LogP contribution in [-0.2, 0) is 11.3 Å². The number of benzene rings is 2. The topological polar surface area (TPSA) is 57.7 Å². The molecule has 1 aromatic heterocycles. The van der Waals surface area contributed by atoms with E-state index in [1.807, 2.05) is 43.3 Å². The highest BCUT2D eigenvalue weighted by Gasteiger charge is 2.08. The number of carbonyl (C=O) groups excluding carboxylic acids is 1. The van der Waals surface area contributed by atoms with E-state index in [9.17, 15) is 4.79 Å². The van der Waals surface area contributed by atoms with E-state index >= 15 is 0 Å². The van der Waals surface area contributed by atoms with Gasteiger partial charge in [-0.1, -0.05) is 12.1 Å². The van der Waals surface area contributed by atoms with E-state index in [1.54, 1.807) is 19.2 Å². The number of aryl methyl sites for hydroxylation is 1. The molecule has 0 atom stereocenters. The van der Waals surface area contributed by atoms with E-state index in [4.69, 9.17) is 14.2 Å². The molecule has 0 aliphatic heterocycles. The van der Waals surface area contributed by atoms with Gasteiger partial charge in [-0.2, -0.15) is 0 Å². The highest BCUT2D eigenvalue weighted by atomic mass is 16.5. The third-order valence-corrected chi connectivity index (χ3v) is 3.88. The van der Waals surface area contributed by atoms with Crippen molar-refractivity contribution in [3.05, 3.63) is 65.4 Å². The average Bonchev–Trinajstić information content (AvgIpc) is 2.65. The van der Waals surface area contributed by atoms with Crippen molar-refractivity contribution in [2.75, 3.05) is 14.2 Å². The molecule has 0 N–H and O–H groups in total. The molecule has 3 rings (SSSR count). The summed E-state index contributed by atoms with van der Waals surface area (Å²) in [6.45, 7) is 2.32. The van der Waals surface area contributed by atoms with Gasteiger partial charge in [0.2, 0.25) is 0 Å². The van der Waals surface area contributed by atoms with E-state index in [0.717, 1.165) is 33.7 Å². The Hall–Kier alpha value is -3.08. The third kappa shape index (κ3) is 3.71. The van der Waals surface area contributed by atoms with Crippen LogP contribution in [0.1, 0.15) is 21.6 Å². The normalized spacial score (nSPS) is 10.5. The molecule has 0 unspecified atom stereocenters. The summed E-state index contributed by atoms with van der Waals surface area (Å²) < 4.78 is 16.0. The zero-order valence-corrected chi connectivity index (χ0v) is 14.4. The van der Waals surface area contributed by atoms with Crippen molar-refractivity contribution in [1.29, 1.82) is 0 Å². The predicted octanol–water partition coefficient (Wildman–Crippen LogP) is 3.92. The molecule has 0 aliphatic rings. The van der Waals surface area contributed by atoms with Crippen molar-refractivity contribution in [3.63, 3.8) is 0 Å². The summed E-state index contributed by atoms with van der Waals surface area (Å²) in [5, 5.41) is 0.899. The van der Waals surface area contributed by atoms with Crippen LogP contribution in [0.4, 0.5) is 0 Å². The van der Waals surface area contributed by atoms with Crippen molar-refractivity contribution >= 4 is 16.9 Å². The predicted molar refractivity (Wildman–Crippen MR) is 95.1 cm³/mol. The minimum atomic E-state index is -0.352. The third-order valence-electron chi connectivity index (χ3n) is 3.88. The number of esters is 1. The molecule has 25 heavy (non-hydrogen) atoms. The molecule has 2 aromatic carbocycles. The number of hydrogen-bond acceptors (Lipinski definition) is 5. The van der Waals surface area contributed by atoms with E-state index in [0.29, 0.717) is 12.2 Å². The lowest BCUT2D eigenvalue weighted by atomic mass is 10.1. The van der Waals surface area contributed by atoms with Gasteiger partial charge >= 0.3 is 5.97 Å². The molecule has 0 fully saturated rings. The van der Waals surface area contributed by atoms with Gasteiger partial charge in [0.15, 0.2) is 0 Å². The second-order valence-electron chi connectivity index (χ2n) is 5.62. The fourth-order valence-electron chi connectivity index (χ4n) is 2.56. The van der Waals surface area contributed by atoms with Crippen molar-refractivity contribution in [2.45, 2.75) is 13.5 Å². The lowest BCUT2D eigenvalue weighted by Gasteiger charge is -2.11. The van der Waals surface area contributed by atoms with Crippen LogP contribution in [0, 0.1) is 6.92 Å². The van der Waals surface area contributed by atoms with Crippen molar-refractivity contribution in [1.82, 2.24) is 4.98 Å². The second-order valence-corrected chi connectivity index (χ2v) is 5.62. The highest BCUT2D eigenvalue weighted by molar-refractivity contribution is 5.89. The van der Waals surface area contributed by atoms with Crippen LogP contribution in [0.15, 0.2) is 48.5 Å². The molecular weight excluding hydrogens is 318 g/mol. The average molecular weight is 337 g/mol. The first-order valence-electron chi connectivity index (χ1n) is 7.86. The maximum absolute atomic E-state index is 11.5. The van der Waals surface area contributed by atoms with Gasteiger partial charge in [-0.3, -0.25) is 4.98 Å². The largest absolute Gasteiger partial charge is 0.497 e. The first-order valence-corrected chi connectivity index (χ1v) is 7.86. The van der Waals surface area contributed by atoms with Gasteiger partial charge < -0.3 is 14.2 Å². The van der Waals surface area contributed by atoms with Gasteiger partial charge in [0, 0.05) is 17.1 Å². The van der Waals surface area contributed by atoms with Crippen LogP contribution < -0.4 is 9.47 Å². The molecule has 128 valence electrons. The first kappa shape index (κ1) is 16.8. The lowest BCUT2D eigenvalue weighted by Crippen LogP contribution is -2.02. The zero-order valence-electron chi connectivity index (χ0n) is 14.4. The number of pyridine rings is 1. The molecule has 0 bridgehead atoms. The van der Waals surface area contributed by atoms with E-state index in [1.165, 1.54) is 7.11 Å². The fourth-order valence-corrected chi connectivity index (χ4v) is 2.56. The Bertz CT molecular complexity index is 903. The first-order chi connectivity index (χ1) is 12.1. The summed E-state index contributed by atoms with van der Waals surface area (Å²) in [5.74, 6) is 1.15. The molecule has 5 heteroatoms. The Morgan fingerprint density at radius 3 is 2.48 bits per heavy atom.